The zero-order chi connectivity index (χ0) is 11.6. The SMILES string of the molecule is [CH2]CC1CCC(CCCCCCCC)CC1. The molecule has 0 saturated heterocycles. The van der Waals surface area contributed by atoms with Gasteiger partial charge in [-0.25, -0.2) is 0 Å². The summed E-state index contributed by atoms with van der Waals surface area (Å²) in [6.45, 7) is 6.33. The second-order valence-electron chi connectivity index (χ2n) is 5.73. The minimum absolute atomic E-state index is 0.959. The molecule has 1 saturated carbocycles. The van der Waals surface area contributed by atoms with E-state index in [0.29, 0.717) is 0 Å². The van der Waals surface area contributed by atoms with Gasteiger partial charge in [0.25, 0.3) is 0 Å². The predicted octanol–water partition coefficient (Wildman–Crippen LogP) is 5.77. The maximum Gasteiger partial charge on any atom is -0.0414 e. The fourth-order valence-electron chi connectivity index (χ4n) is 3.02. The molecule has 0 heterocycles. The van der Waals surface area contributed by atoms with E-state index in [1.165, 1.54) is 77.0 Å². The summed E-state index contributed by atoms with van der Waals surface area (Å²) in [7, 11) is 0. The zero-order valence-corrected chi connectivity index (χ0v) is 11.3. The molecule has 0 aromatic rings. The topological polar surface area (TPSA) is 0 Å². The lowest BCUT2D eigenvalue weighted by molar-refractivity contribution is 0.259. The molecular formula is C16H31. The van der Waals surface area contributed by atoms with Crippen molar-refractivity contribution in [3.8, 4) is 0 Å². The van der Waals surface area contributed by atoms with Gasteiger partial charge >= 0.3 is 0 Å². The van der Waals surface area contributed by atoms with Gasteiger partial charge in [-0.05, 0) is 11.8 Å². The van der Waals surface area contributed by atoms with E-state index in [4.69, 9.17) is 0 Å². The Morgan fingerprint density at radius 1 is 0.812 bits per heavy atom. The molecule has 0 spiro atoms. The summed E-state index contributed by atoms with van der Waals surface area (Å²) in [5.41, 5.74) is 0. The maximum atomic E-state index is 4.04. The van der Waals surface area contributed by atoms with Gasteiger partial charge in [-0.1, -0.05) is 90.9 Å². The van der Waals surface area contributed by atoms with Crippen LogP contribution in [0.2, 0.25) is 0 Å². The molecule has 0 N–H and O–H groups in total. The lowest BCUT2D eigenvalue weighted by Gasteiger charge is -2.27. The molecule has 0 amide bonds. The van der Waals surface area contributed by atoms with E-state index in [1.54, 1.807) is 0 Å². The highest BCUT2D eigenvalue weighted by molar-refractivity contribution is 4.73. The second-order valence-corrected chi connectivity index (χ2v) is 5.73. The highest BCUT2D eigenvalue weighted by atomic mass is 14.2. The number of unbranched alkanes of at least 4 members (excludes halogenated alkanes) is 5. The van der Waals surface area contributed by atoms with Gasteiger partial charge in [0.05, 0.1) is 0 Å². The molecule has 1 aliphatic carbocycles. The predicted molar refractivity (Wildman–Crippen MR) is 73.4 cm³/mol. The van der Waals surface area contributed by atoms with Crippen LogP contribution in [0.3, 0.4) is 0 Å². The van der Waals surface area contributed by atoms with Crippen LogP contribution in [0.25, 0.3) is 0 Å². The molecule has 1 aliphatic rings. The maximum absolute atomic E-state index is 4.04. The summed E-state index contributed by atoms with van der Waals surface area (Å²) in [5.74, 6) is 2.02. The van der Waals surface area contributed by atoms with Gasteiger partial charge in [-0.2, -0.15) is 0 Å². The Labute approximate surface area is 103 Å². The van der Waals surface area contributed by atoms with Gasteiger partial charge < -0.3 is 0 Å². The van der Waals surface area contributed by atoms with Crippen molar-refractivity contribution in [3.05, 3.63) is 6.92 Å². The Hall–Kier alpha value is 0. The largest absolute Gasteiger partial charge is 0.0654 e. The molecule has 1 fully saturated rings. The lowest BCUT2D eigenvalue weighted by Crippen LogP contribution is -2.13. The molecule has 1 rings (SSSR count). The minimum atomic E-state index is 0.959. The first-order chi connectivity index (χ1) is 7.86. The fraction of sp³-hybridized carbons (Fsp3) is 0.938. The van der Waals surface area contributed by atoms with Crippen LogP contribution in [-0.4, -0.2) is 0 Å². The Bertz CT molecular complexity index is 142. The van der Waals surface area contributed by atoms with Gasteiger partial charge in [0.15, 0.2) is 0 Å². The van der Waals surface area contributed by atoms with Crippen LogP contribution in [0, 0.1) is 18.8 Å². The van der Waals surface area contributed by atoms with E-state index in [0.717, 1.165) is 11.8 Å². The van der Waals surface area contributed by atoms with E-state index >= 15 is 0 Å². The molecule has 0 atom stereocenters. The molecule has 16 heavy (non-hydrogen) atoms. The zero-order valence-electron chi connectivity index (χ0n) is 11.3. The molecule has 0 unspecified atom stereocenters. The van der Waals surface area contributed by atoms with E-state index in [1.807, 2.05) is 0 Å². The van der Waals surface area contributed by atoms with Crippen LogP contribution in [0.5, 0.6) is 0 Å². The first-order valence-corrected chi connectivity index (χ1v) is 7.66. The third-order valence-corrected chi connectivity index (χ3v) is 4.34. The van der Waals surface area contributed by atoms with Crippen LogP contribution in [0.4, 0.5) is 0 Å². The quantitative estimate of drug-likeness (QED) is 0.458. The summed E-state index contributed by atoms with van der Waals surface area (Å²) in [4.78, 5) is 0. The monoisotopic (exact) mass is 223 g/mol. The normalized spacial score (nSPS) is 25.9. The lowest BCUT2D eigenvalue weighted by atomic mass is 9.79. The number of rotatable bonds is 8. The summed E-state index contributed by atoms with van der Waals surface area (Å²) in [6, 6.07) is 0. The second kappa shape index (κ2) is 9.07. The first-order valence-electron chi connectivity index (χ1n) is 7.66. The molecule has 0 heteroatoms. The third-order valence-electron chi connectivity index (χ3n) is 4.34. The molecule has 95 valence electrons. The number of hydrogen-bond acceptors (Lipinski definition) is 0. The molecule has 0 aromatic carbocycles. The van der Waals surface area contributed by atoms with Crippen molar-refractivity contribution in [2.24, 2.45) is 11.8 Å². The summed E-state index contributed by atoms with van der Waals surface area (Å²) < 4.78 is 0. The Morgan fingerprint density at radius 2 is 1.38 bits per heavy atom. The van der Waals surface area contributed by atoms with Crippen LogP contribution in [0.15, 0.2) is 0 Å². The van der Waals surface area contributed by atoms with E-state index < -0.39 is 0 Å². The minimum Gasteiger partial charge on any atom is -0.0654 e. The summed E-state index contributed by atoms with van der Waals surface area (Å²) >= 11 is 0. The summed E-state index contributed by atoms with van der Waals surface area (Å²) in [5, 5.41) is 0. The van der Waals surface area contributed by atoms with Crippen molar-refractivity contribution < 1.29 is 0 Å². The Kier molecular flexibility index (Phi) is 7.98. The van der Waals surface area contributed by atoms with E-state index in [-0.39, 0.29) is 0 Å². The molecule has 1 radical (unpaired) electrons. The van der Waals surface area contributed by atoms with Gasteiger partial charge in [0.1, 0.15) is 0 Å². The fourth-order valence-corrected chi connectivity index (χ4v) is 3.02. The van der Waals surface area contributed by atoms with E-state index in [9.17, 15) is 0 Å². The third kappa shape index (κ3) is 5.92. The van der Waals surface area contributed by atoms with Gasteiger partial charge in [-0.15, -0.1) is 0 Å². The van der Waals surface area contributed by atoms with Crippen molar-refractivity contribution in [3.63, 3.8) is 0 Å². The summed E-state index contributed by atoms with van der Waals surface area (Å²) in [6.07, 6.45) is 17.3. The molecule has 0 aliphatic heterocycles. The first kappa shape index (κ1) is 14.1. The Balaban J connectivity index is 1.90. The number of hydrogen-bond donors (Lipinski definition) is 0. The average Bonchev–Trinajstić information content (AvgIpc) is 2.34. The highest BCUT2D eigenvalue weighted by Crippen LogP contribution is 2.33. The molecular weight excluding hydrogens is 192 g/mol. The van der Waals surface area contributed by atoms with Crippen molar-refractivity contribution in [1.29, 1.82) is 0 Å². The van der Waals surface area contributed by atoms with Gasteiger partial charge in [0.2, 0.25) is 0 Å². The standard InChI is InChI=1S/C16H31/c1-3-5-6-7-8-9-10-16-13-11-15(4-2)12-14-16/h15-16H,2-14H2,1H3. The van der Waals surface area contributed by atoms with Crippen molar-refractivity contribution in [1.82, 2.24) is 0 Å². The highest BCUT2D eigenvalue weighted by Gasteiger charge is 2.19. The van der Waals surface area contributed by atoms with Crippen molar-refractivity contribution in [2.45, 2.75) is 84.0 Å². The smallest absolute Gasteiger partial charge is 0.0414 e. The van der Waals surface area contributed by atoms with Crippen LogP contribution < -0.4 is 0 Å². The van der Waals surface area contributed by atoms with Crippen molar-refractivity contribution >= 4 is 0 Å². The Morgan fingerprint density at radius 3 is 2.00 bits per heavy atom. The van der Waals surface area contributed by atoms with Crippen LogP contribution >= 0.6 is 0 Å². The molecule has 0 nitrogen and oxygen atoms in total. The van der Waals surface area contributed by atoms with Crippen LogP contribution in [0.1, 0.15) is 84.0 Å². The van der Waals surface area contributed by atoms with Crippen LogP contribution in [-0.2, 0) is 0 Å². The van der Waals surface area contributed by atoms with Gasteiger partial charge in [-0.3, -0.25) is 0 Å². The molecule has 0 bridgehead atoms. The van der Waals surface area contributed by atoms with Gasteiger partial charge in [0, 0.05) is 0 Å². The average molecular weight is 223 g/mol. The van der Waals surface area contributed by atoms with Crippen molar-refractivity contribution in [2.75, 3.05) is 0 Å². The molecule has 0 aromatic heterocycles. The van der Waals surface area contributed by atoms with E-state index in [2.05, 4.69) is 13.8 Å².